The summed E-state index contributed by atoms with van der Waals surface area (Å²) in [5, 5.41) is 7.77. The summed E-state index contributed by atoms with van der Waals surface area (Å²) in [6, 6.07) is 6.04. The van der Waals surface area contributed by atoms with Crippen molar-refractivity contribution in [2.45, 2.75) is 33.1 Å². The van der Waals surface area contributed by atoms with E-state index in [0.29, 0.717) is 0 Å². The van der Waals surface area contributed by atoms with Crippen molar-refractivity contribution < 1.29 is 4.63 Å². The zero-order valence-corrected chi connectivity index (χ0v) is 9.23. The van der Waals surface area contributed by atoms with Gasteiger partial charge in [0.15, 0.2) is 0 Å². The van der Waals surface area contributed by atoms with E-state index in [1.165, 1.54) is 18.4 Å². The zero-order chi connectivity index (χ0) is 10.7. The molecule has 0 aliphatic rings. The third-order valence-electron chi connectivity index (χ3n) is 2.60. The molecule has 0 spiro atoms. The molecule has 0 unspecified atom stereocenters. The van der Waals surface area contributed by atoms with Gasteiger partial charge in [-0.2, -0.15) is 0 Å². The highest BCUT2D eigenvalue weighted by atomic mass is 16.6. The molecule has 0 N–H and O–H groups in total. The molecular formula is C12H16N2O. The van der Waals surface area contributed by atoms with Crippen molar-refractivity contribution in [1.29, 1.82) is 0 Å². The van der Waals surface area contributed by atoms with E-state index < -0.39 is 0 Å². The number of fused-ring (bicyclic) bond motifs is 1. The van der Waals surface area contributed by atoms with Gasteiger partial charge >= 0.3 is 0 Å². The molecule has 2 aromatic rings. The third kappa shape index (κ3) is 2.35. The van der Waals surface area contributed by atoms with Crippen LogP contribution < -0.4 is 0 Å². The Labute approximate surface area is 89.4 Å². The van der Waals surface area contributed by atoms with Gasteiger partial charge in [0.25, 0.3) is 0 Å². The Morgan fingerprint density at radius 2 is 2.13 bits per heavy atom. The predicted molar refractivity (Wildman–Crippen MR) is 59.6 cm³/mol. The summed E-state index contributed by atoms with van der Waals surface area (Å²) in [4.78, 5) is 0. The van der Waals surface area contributed by atoms with Crippen molar-refractivity contribution in [2.75, 3.05) is 0 Å². The minimum atomic E-state index is 0.764. The molecule has 3 heteroatoms. The normalized spacial score (nSPS) is 11.4. The molecule has 0 atom stereocenters. The second-order valence-electron chi connectivity index (χ2n) is 4.34. The van der Waals surface area contributed by atoms with Crippen molar-refractivity contribution >= 4 is 11.0 Å². The summed E-state index contributed by atoms with van der Waals surface area (Å²) in [7, 11) is 0. The van der Waals surface area contributed by atoms with Crippen LogP contribution in [0.3, 0.4) is 0 Å². The summed E-state index contributed by atoms with van der Waals surface area (Å²) >= 11 is 0. The maximum absolute atomic E-state index is 4.73. The molecule has 80 valence electrons. The van der Waals surface area contributed by atoms with Crippen LogP contribution in [0.2, 0.25) is 0 Å². The molecule has 0 aliphatic carbocycles. The quantitative estimate of drug-likeness (QED) is 0.767. The average molecular weight is 204 g/mol. The number of benzene rings is 1. The van der Waals surface area contributed by atoms with Gasteiger partial charge in [-0.1, -0.05) is 32.4 Å². The van der Waals surface area contributed by atoms with Crippen LogP contribution >= 0.6 is 0 Å². The summed E-state index contributed by atoms with van der Waals surface area (Å²) in [6.07, 6.45) is 3.51. The standard InChI is InChI=1S/C12H16N2O/c1-9(2)5-3-6-10-7-4-8-11-12(10)14-15-13-11/h4,7-9H,3,5-6H2,1-2H3. The lowest BCUT2D eigenvalue weighted by Gasteiger charge is -2.04. The van der Waals surface area contributed by atoms with Crippen LogP contribution in [0, 0.1) is 5.92 Å². The summed E-state index contributed by atoms with van der Waals surface area (Å²) in [5.74, 6) is 0.764. The zero-order valence-electron chi connectivity index (χ0n) is 9.23. The number of hydrogen-bond acceptors (Lipinski definition) is 3. The molecule has 3 nitrogen and oxygen atoms in total. The molecule has 0 saturated heterocycles. The lowest BCUT2D eigenvalue weighted by Crippen LogP contribution is -1.91. The molecule has 0 radical (unpaired) electrons. The van der Waals surface area contributed by atoms with Crippen LogP contribution in [0.5, 0.6) is 0 Å². The van der Waals surface area contributed by atoms with Gasteiger partial charge in [-0.25, -0.2) is 4.63 Å². The Morgan fingerprint density at radius 3 is 2.93 bits per heavy atom. The molecular weight excluding hydrogens is 188 g/mol. The molecule has 0 fully saturated rings. The van der Waals surface area contributed by atoms with Crippen molar-refractivity contribution in [3.63, 3.8) is 0 Å². The van der Waals surface area contributed by atoms with Gasteiger partial charge in [0.1, 0.15) is 11.0 Å². The van der Waals surface area contributed by atoms with Gasteiger partial charge in [0.05, 0.1) is 0 Å². The first-order valence-electron chi connectivity index (χ1n) is 5.47. The molecule has 0 bridgehead atoms. The molecule has 0 saturated carbocycles. The lowest BCUT2D eigenvalue weighted by molar-refractivity contribution is 0.315. The highest BCUT2D eigenvalue weighted by molar-refractivity contribution is 5.76. The molecule has 1 aromatic carbocycles. The van der Waals surface area contributed by atoms with Crippen molar-refractivity contribution in [3.8, 4) is 0 Å². The van der Waals surface area contributed by atoms with Crippen LogP contribution in [0.1, 0.15) is 32.3 Å². The summed E-state index contributed by atoms with van der Waals surface area (Å²) in [6.45, 7) is 4.50. The van der Waals surface area contributed by atoms with E-state index in [-0.39, 0.29) is 0 Å². The maximum Gasteiger partial charge on any atom is 0.138 e. The average Bonchev–Trinajstić information content (AvgIpc) is 2.65. The topological polar surface area (TPSA) is 38.9 Å². The fraction of sp³-hybridized carbons (Fsp3) is 0.500. The first-order chi connectivity index (χ1) is 7.27. The molecule has 2 rings (SSSR count). The van der Waals surface area contributed by atoms with Crippen molar-refractivity contribution in [1.82, 2.24) is 10.3 Å². The van der Waals surface area contributed by atoms with E-state index in [2.05, 4.69) is 30.2 Å². The Hall–Kier alpha value is -1.38. The fourth-order valence-corrected chi connectivity index (χ4v) is 1.76. The van der Waals surface area contributed by atoms with Crippen LogP contribution in [-0.4, -0.2) is 10.3 Å². The van der Waals surface area contributed by atoms with E-state index in [0.717, 1.165) is 23.4 Å². The van der Waals surface area contributed by atoms with E-state index >= 15 is 0 Å². The Balaban J connectivity index is 2.10. The van der Waals surface area contributed by atoms with Crippen LogP contribution in [0.15, 0.2) is 22.8 Å². The van der Waals surface area contributed by atoms with Crippen LogP contribution in [-0.2, 0) is 6.42 Å². The minimum absolute atomic E-state index is 0.764. The smallest absolute Gasteiger partial charge is 0.138 e. The Bertz CT molecular complexity index is 434. The van der Waals surface area contributed by atoms with Crippen molar-refractivity contribution in [3.05, 3.63) is 23.8 Å². The molecule has 0 aliphatic heterocycles. The number of nitrogens with zero attached hydrogens (tertiary/aromatic N) is 2. The molecule has 15 heavy (non-hydrogen) atoms. The predicted octanol–water partition coefficient (Wildman–Crippen LogP) is 3.20. The lowest BCUT2D eigenvalue weighted by atomic mass is 10.0. The number of hydrogen-bond donors (Lipinski definition) is 0. The van der Waals surface area contributed by atoms with Gasteiger partial charge < -0.3 is 0 Å². The van der Waals surface area contributed by atoms with Crippen LogP contribution in [0.4, 0.5) is 0 Å². The van der Waals surface area contributed by atoms with E-state index in [4.69, 9.17) is 4.63 Å². The highest BCUT2D eigenvalue weighted by Gasteiger charge is 2.05. The number of aryl methyl sites for hydroxylation is 1. The molecule has 1 heterocycles. The van der Waals surface area contributed by atoms with Gasteiger partial charge in [-0.05, 0) is 40.7 Å². The molecule has 0 amide bonds. The Morgan fingerprint density at radius 1 is 1.27 bits per heavy atom. The maximum atomic E-state index is 4.73. The largest absolute Gasteiger partial charge is 0.243 e. The monoisotopic (exact) mass is 204 g/mol. The summed E-state index contributed by atoms with van der Waals surface area (Å²) in [5.41, 5.74) is 3.02. The second kappa shape index (κ2) is 4.43. The second-order valence-corrected chi connectivity index (χ2v) is 4.34. The van der Waals surface area contributed by atoms with Gasteiger partial charge in [-0.15, -0.1) is 0 Å². The molecule has 1 aromatic heterocycles. The van der Waals surface area contributed by atoms with Crippen LogP contribution in [0.25, 0.3) is 11.0 Å². The van der Waals surface area contributed by atoms with Crippen molar-refractivity contribution in [2.24, 2.45) is 5.92 Å². The van der Waals surface area contributed by atoms with Gasteiger partial charge in [0, 0.05) is 0 Å². The van der Waals surface area contributed by atoms with Gasteiger partial charge in [0.2, 0.25) is 0 Å². The number of rotatable bonds is 4. The van der Waals surface area contributed by atoms with E-state index in [9.17, 15) is 0 Å². The van der Waals surface area contributed by atoms with E-state index in [1.54, 1.807) is 0 Å². The SMILES string of the molecule is CC(C)CCCc1cccc2nonc12. The van der Waals surface area contributed by atoms with Gasteiger partial charge in [-0.3, -0.25) is 0 Å². The van der Waals surface area contributed by atoms with E-state index in [1.807, 2.05) is 12.1 Å². The third-order valence-corrected chi connectivity index (χ3v) is 2.60. The first kappa shape index (κ1) is 10.1. The summed E-state index contributed by atoms with van der Waals surface area (Å²) < 4.78 is 4.73. The minimum Gasteiger partial charge on any atom is -0.243 e. The highest BCUT2D eigenvalue weighted by Crippen LogP contribution is 2.17. The Kier molecular flexibility index (Phi) is 2.99. The fourth-order valence-electron chi connectivity index (χ4n) is 1.76. The number of aromatic nitrogens is 2. The first-order valence-corrected chi connectivity index (χ1v) is 5.47.